The SMILES string of the molecule is COP(=O)(O)OCC1CCC(n2cnc3c2ncn2ncnc32)O1. The van der Waals surface area contributed by atoms with Crippen molar-refractivity contribution in [2.24, 2.45) is 0 Å². The normalized spacial score (nSPS) is 23.9. The van der Waals surface area contributed by atoms with Crippen LogP contribution >= 0.6 is 7.82 Å². The van der Waals surface area contributed by atoms with Crippen LogP contribution in [0.5, 0.6) is 0 Å². The molecule has 1 N–H and O–H groups in total. The van der Waals surface area contributed by atoms with E-state index in [4.69, 9.17) is 9.26 Å². The Balaban J connectivity index is 1.53. The van der Waals surface area contributed by atoms with Crippen LogP contribution in [-0.2, 0) is 18.3 Å². The first-order valence-electron chi connectivity index (χ1n) is 7.27. The Morgan fingerprint density at radius 2 is 2.21 bits per heavy atom. The average molecular weight is 354 g/mol. The zero-order valence-corrected chi connectivity index (χ0v) is 13.6. The highest BCUT2D eigenvalue weighted by atomic mass is 31.2. The molecule has 0 aliphatic carbocycles. The van der Waals surface area contributed by atoms with Gasteiger partial charge in [-0.1, -0.05) is 0 Å². The molecule has 1 aliphatic rings. The highest BCUT2D eigenvalue weighted by Crippen LogP contribution is 2.43. The van der Waals surface area contributed by atoms with Gasteiger partial charge in [0.05, 0.1) is 19.0 Å². The van der Waals surface area contributed by atoms with E-state index in [1.54, 1.807) is 17.2 Å². The van der Waals surface area contributed by atoms with Crippen LogP contribution in [0.15, 0.2) is 19.0 Å². The lowest BCUT2D eigenvalue weighted by Crippen LogP contribution is -2.16. The fraction of sp³-hybridized carbons (Fsp3) is 0.500. The Kier molecular flexibility index (Phi) is 3.82. The summed E-state index contributed by atoms with van der Waals surface area (Å²) >= 11 is 0. The number of fused-ring (bicyclic) bond motifs is 3. The molecule has 0 spiro atoms. The van der Waals surface area contributed by atoms with Gasteiger partial charge >= 0.3 is 7.82 Å². The number of hydrogen-bond acceptors (Lipinski definition) is 8. The molecule has 3 unspecified atom stereocenters. The molecule has 3 aromatic heterocycles. The quantitative estimate of drug-likeness (QED) is 0.665. The summed E-state index contributed by atoms with van der Waals surface area (Å²) in [6.45, 7) is -0.0212. The monoisotopic (exact) mass is 354 g/mol. The van der Waals surface area contributed by atoms with Gasteiger partial charge in [-0.3, -0.25) is 13.6 Å². The predicted molar refractivity (Wildman–Crippen MR) is 80.0 cm³/mol. The molecular formula is C12H15N6O5P. The smallest absolute Gasteiger partial charge is 0.352 e. The number of hydrogen-bond donors (Lipinski definition) is 1. The lowest BCUT2D eigenvalue weighted by atomic mass is 10.2. The third kappa shape index (κ3) is 2.70. The Morgan fingerprint density at radius 3 is 3.04 bits per heavy atom. The van der Waals surface area contributed by atoms with Gasteiger partial charge in [0.15, 0.2) is 16.8 Å². The maximum atomic E-state index is 11.3. The van der Waals surface area contributed by atoms with Crippen molar-refractivity contribution >= 4 is 24.6 Å². The highest BCUT2D eigenvalue weighted by molar-refractivity contribution is 7.47. The second-order valence-corrected chi connectivity index (χ2v) is 6.89. The van der Waals surface area contributed by atoms with E-state index in [1.165, 1.54) is 6.33 Å². The molecule has 0 amide bonds. The molecule has 1 aliphatic heterocycles. The van der Waals surface area contributed by atoms with Crippen molar-refractivity contribution in [3.05, 3.63) is 19.0 Å². The van der Waals surface area contributed by atoms with Crippen molar-refractivity contribution in [3.63, 3.8) is 0 Å². The summed E-state index contributed by atoms with van der Waals surface area (Å²) in [5.41, 5.74) is 1.90. The van der Waals surface area contributed by atoms with Gasteiger partial charge < -0.3 is 9.63 Å². The molecule has 0 bridgehead atoms. The summed E-state index contributed by atoms with van der Waals surface area (Å²) < 4.78 is 29.8. The number of nitrogens with zero attached hydrogens (tertiary/aromatic N) is 6. The first-order valence-corrected chi connectivity index (χ1v) is 8.76. The van der Waals surface area contributed by atoms with Gasteiger partial charge in [0.25, 0.3) is 0 Å². The van der Waals surface area contributed by atoms with Crippen LogP contribution < -0.4 is 0 Å². The van der Waals surface area contributed by atoms with Crippen LogP contribution in [0.3, 0.4) is 0 Å². The van der Waals surface area contributed by atoms with Crippen LogP contribution in [0.25, 0.3) is 16.8 Å². The summed E-state index contributed by atoms with van der Waals surface area (Å²) in [5, 5.41) is 4.03. The van der Waals surface area contributed by atoms with E-state index in [0.717, 1.165) is 7.11 Å². The third-order valence-electron chi connectivity index (χ3n) is 3.89. The zero-order chi connectivity index (χ0) is 16.7. The number of aromatic nitrogens is 6. The van der Waals surface area contributed by atoms with E-state index in [0.29, 0.717) is 29.7 Å². The van der Waals surface area contributed by atoms with Crippen molar-refractivity contribution in [1.29, 1.82) is 0 Å². The molecule has 24 heavy (non-hydrogen) atoms. The molecule has 1 fully saturated rings. The van der Waals surface area contributed by atoms with Gasteiger partial charge in [-0.05, 0) is 12.8 Å². The van der Waals surface area contributed by atoms with Gasteiger partial charge in [0.1, 0.15) is 18.9 Å². The maximum absolute atomic E-state index is 11.3. The van der Waals surface area contributed by atoms with E-state index < -0.39 is 7.82 Å². The van der Waals surface area contributed by atoms with Crippen molar-refractivity contribution in [2.45, 2.75) is 25.2 Å². The first-order chi connectivity index (χ1) is 11.6. The molecule has 0 aromatic carbocycles. The van der Waals surface area contributed by atoms with E-state index in [9.17, 15) is 9.46 Å². The second-order valence-electron chi connectivity index (χ2n) is 5.33. The van der Waals surface area contributed by atoms with Crippen LogP contribution in [0.4, 0.5) is 0 Å². The van der Waals surface area contributed by atoms with Crippen LogP contribution in [0, 0.1) is 0 Å². The molecule has 128 valence electrons. The Morgan fingerprint density at radius 1 is 1.33 bits per heavy atom. The van der Waals surface area contributed by atoms with Crippen molar-refractivity contribution < 1.29 is 23.2 Å². The van der Waals surface area contributed by atoms with Crippen molar-refractivity contribution in [1.82, 2.24) is 29.1 Å². The summed E-state index contributed by atoms with van der Waals surface area (Å²) in [7, 11) is -2.88. The number of imidazole rings is 1. The summed E-state index contributed by atoms with van der Waals surface area (Å²) in [5.74, 6) is 0. The van der Waals surface area contributed by atoms with Crippen molar-refractivity contribution in [2.75, 3.05) is 13.7 Å². The molecule has 11 nitrogen and oxygen atoms in total. The highest BCUT2D eigenvalue weighted by Gasteiger charge is 2.31. The largest absolute Gasteiger partial charge is 0.472 e. The first kappa shape index (κ1) is 15.6. The van der Waals surface area contributed by atoms with Crippen LogP contribution in [0.1, 0.15) is 19.1 Å². The second kappa shape index (κ2) is 5.87. The minimum absolute atomic E-state index is 0.0212. The fourth-order valence-corrected chi connectivity index (χ4v) is 3.17. The molecule has 0 saturated carbocycles. The molecule has 4 rings (SSSR count). The summed E-state index contributed by atoms with van der Waals surface area (Å²) in [6.07, 6.45) is 5.47. The van der Waals surface area contributed by atoms with E-state index >= 15 is 0 Å². The lowest BCUT2D eigenvalue weighted by molar-refractivity contribution is -0.0213. The maximum Gasteiger partial charge on any atom is 0.472 e. The summed E-state index contributed by atoms with van der Waals surface area (Å²) in [6, 6.07) is 0. The Bertz CT molecular complexity index is 925. The molecule has 3 atom stereocenters. The molecular weight excluding hydrogens is 339 g/mol. The molecule has 0 radical (unpaired) electrons. The summed E-state index contributed by atoms with van der Waals surface area (Å²) in [4.78, 5) is 22.1. The standard InChI is InChI=1S/C12H15N6O5P/c1-21-24(19,20)22-4-8-2-3-9(23-8)17-6-14-10-11(17)15-7-18-12(10)13-5-16-18/h5-9H,2-4H2,1H3,(H,19,20). The van der Waals surface area contributed by atoms with Gasteiger partial charge in [-0.15, -0.1) is 0 Å². The Labute approximate surface area is 135 Å². The number of phosphoric ester groups is 1. The average Bonchev–Trinajstić information content (AvgIpc) is 3.29. The molecule has 1 saturated heterocycles. The molecule has 3 aromatic rings. The topological polar surface area (TPSA) is 126 Å². The van der Waals surface area contributed by atoms with E-state index in [1.807, 2.05) is 4.57 Å². The minimum atomic E-state index is -3.99. The van der Waals surface area contributed by atoms with Crippen LogP contribution in [0.2, 0.25) is 0 Å². The minimum Gasteiger partial charge on any atom is -0.352 e. The zero-order valence-electron chi connectivity index (χ0n) is 12.7. The Hall–Kier alpha value is -1.91. The van der Waals surface area contributed by atoms with Crippen molar-refractivity contribution in [3.8, 4) is 0 Å². The van der Waals surface area contributed by atoms with Gasteiger partial charge in [-0.25, -0.2) is 24.0 Å². The van der Waals surface area contributed by atoms with Gasteiger partial charge in [0, 0.05) is 7.11 Å². The molecule has 4 heterocycles. The third-order valence-corrected chi connectivity index (χ3v) is 4.83. The molecule has 12 heteroatoms. The van der Waals surface area contributed by atoms with E-state index in [-0.39, 0.29) is 18.9 Å². The number of ether oxygens (including phenoxy) is 1. The van der Waals surface area contributed by atoms with E-state index in [2.05, 4.69) is 24.6 Å². The fourth-order valence-electron chi connectivity index (χ4n) is 2.71. The lowest BCUT2D eigenvalue weighted by Gasteiger charge is -2.16. The predicted octanol–water partition coefficient (Wildman–Crippen LogP) is 0.915. The van der Waals surface area contributed by atoms with Gasteiger partial charge in [0.2, 0.25) is 0 Å². The number of rotatable bonds is 5. The van der Waals surface area contributed by atoms with Crippen LogP contribution in [-0.4, -0.2) is 53.8 Å². The number of phosphoric acid groups is 1. The van der Waals surface area contributed by atoms with Gasteiger partial charge in [-0.2, -0.15) is 5.10 Å².